The molecule has 166 valence electrons. The highest BCUT2D eigenvalue weighted by atomic mass is 32.1. The molecule has 0 saturated carbocycles. The summed E-state index contributed by atoms with van der Waals surface area (Å²) in [4.78, 5) is 21.5. The minimum absolute atomic E-state index is 0.0993. The molecule has 33 heavy (non-hydrogen) atoms. The smallest absolute Gasteiger partial charge is 0.229 e. The fourth-order valence-electron chi connectivity index (χ4n) is 3.73. The monoisotopic (exact) mass is 458 g/mol. The average Bonchev–Trinajstić information content (AvgIpc) is 3.50. The number of carbonyl (C=O) groups excluding carboxylic acids is 1. The van der Waals surface area contributed by atoms with Crippen molar-refractivity contribution < 1.29 is 14.3 Å². The van der Waals surface area contributed by atoms with E-state index in [1.54, 1.807) is 23.9 Å². The Balaban J connectivity index is 1.47. The Kier molecular flexibility index (Phi) is 5.91. The number of nitrogens with one attached hydrogen (secondary N) is 2. The number of benzene rings is 2. The lowest BCUT2D eigenvalue weighted by molar-refractivity contribution is -0.114. The molecule has 1 unspecified atom stereocenters. The number of thiophene rings is 1. The molecule has 0 spiro atoms. The first-order chi connectivity index (χ1) is 16.2. The van der Waals surface area contributed by atoms with Crippen LogP contribution in [0.2, 0.25) is 0 Å². The van der Waals surface area contributed by atoms with Gasteiger partial charge < -0.3 is 20.1 Å². The number of anilines is 2. The average molecular weight is 459 g/mol. The molecule has 0 aliphatic carbocycles. The Morgan fingerprint density at radius 3 is 2.79 bits per heavy atom. The van der Waals surface area contributed by atoms with Crippen molar-refractivity contribution in [2.75, 3.05) is 17.4 Å². The van der Waals surface area contributed by atoms with E-state index in [1.165, 1.54) is 12.5 Å². The van der Waals surface area contributed by atoms with Gasteiger partial charge in [-0.05, 0) is 35.7 Å². The number of carbonyl (C=O) groups is 1. The Morgan fingerprint density at radius 1 is 1.12 bits per heavy atom. The molecule has 0 bridgehead atoms. The molecule has 1 atom stereocenters. The predicted octanol–water partition coefficient (Wildman–Crippen LogP) is 5.19. The maximum absolute atomic E-state index is 11.4. The van der Waals surface area contributed by atoms with E-state index in [1.807, 2.05) is 48.5 Å². The van der Waals surface area contributed by atoms with Crippen LogP contribution < -0.4 is 10.6 Å². The number of aromatic nitrogens is 2. The third-order valence-corrected chi connectivity index (χ3v) is 6.39. The fourth-order valence-corrected chi connectivity index (χ4v) is 4.79. The summed E-state index contributed by atoms with van der Waals surface area (Å²) in [6, 6.07) is 19.9. The van der Waals surface area contributed by atoms with Crippen LogP contribution in [-0.4, -0.2) is 28.7 Å². The van der Waals surface area contributed by atoms with Crippen molar-refractivity contribution in [1.29, 1.82) is 0 Å². The number of ether oxygens (including phenoxy) is 2. The van der Waals surface area contributed by atoms with Crippen molar-refractivity contribution in [2.24, 2.45) is 0 Å². The molecular formula is C25H22N4O3S. The van der Waals surface area contributed by atoms with Gasteiger partial charge in [-0.2, -0.15) is 0 Å². The van der Waals surface area contributed by atoms with Gasteiger partial charge >= 0.3 is 0 Å². The fraction of sp³-hybridized carbons (Fsp3) is 0.160. The summed E-state index contributed by atoms with van der Waals surface area (Å²) in [5, 5.41) is 6.38. The maximum Gasteiger partial charge on any atom is 0.229 e. The molecule has 5 rings (SSSR count). The Labute approximate surface area is 195 Å². The first kappa shape index (κ1) is 21.0. The van der Waals surface area contributed by atoms with Crippen molar-refractivity contribution in [3.05, 3.63) is 84.6 Å². The van der Waals surface area contributed by atoms with Gasteiger partial charge in [0.15, 0.2) is 5.76 Å². The van der Waals surface area contributed by atoms with Gasteiger partial charge in [0.2, 0.25) is 12.7 Å². The van der Waals surface area contributed by atoms with Gasteiger partial charge in [-0.15, -0.1) is 11.3 Å². The summed E-state index contributed by atoms with van der Waals surface area (Å²) < 4.78 is 12.0. The molecule has 1 amide bonds. The van der Waals surface area contributed by atoms with Crippen LogP contribution in [0.4, 0.5) is 11.5 Å². The largest absolute Gasteiger partial charge is 0.462 e. The van der Waals surface area contributed by atoms with Gasteiger partial charge in [-0.3, -0.25) is 4.79 Å². The van der Waals surface area contributed by atoms with E-state index >= 15 is 0 Å². The molecule has 8 heteroatoms. The molecule has 4 aromatic rings. The minimum atomic E-state index is -0.137. The number of amides is 1. The molecule has 2 aromatic heterocycles. The first-order valence-corrected chi connectivity index (χ1v) is 11.3. The van der Waals surface area contributed by atoms with Crippen LogP contribution in [0.1, 0.15) is 12.5 Å². The van der Waals surface area contributed by atoms with Crippen molar-refractivity contribution in [3.63, 3.8) is 0 Å². The van der Waals surface area contributed by atoms with Crippen LogP contribution >= 0.6 is 11.3 Å². The second-order valence-corrected chi connectivity index (χ2v) is 8.70. The molecule has 1 aliphatic rings. The quantitative estimate of drug-likeness (QED) is 0.397. The van der Waals surface area contributed by atoms with Crippen LogP contribution in [0.25, 0.3) is 20.7 Å². The zero-order valence-corrected chi connectivity index (χ0v) is 18.8. The molecule has 2 aromatic carbocycles. The summed E-state index contributed by atoms with van der Waals surface area (Å²) in [6.07, 6.45) is 3.94. The zero-order chi connectivity index (χ0) is 22.6. The lowest BCUT2D eigenvalue weighted by Crippen LogP contribution is -2.25. The van der Waals surface area contributed by atoms with E-state index < -0.39 is 0 Å². The van der Waals surface area contributed by atoms with Crippen LogP contribution in [-0.2, 0) is 20.7 Å². The third kappa shape index (κ3) is 4.80. The maximum atomic E-state index is 11.4. The van der Waals surface area contributed by atoms with Crippen LogP contribution in [0, 0.1) is 0 Å². The first-order valence-electron chi connectivity index (χ1n) is 10.5. The van der Waals surface area contributed by atoms with Crippen molar-refractivity contribution in [1.82, 2.24) is 9.97 Å². The number of nitrogens with zero attached hydrogens (tertiary/aromatic N) is 2. The van der Waals surface area contributed by atoms with Crippen LogP contribution in [0.15, 0.2) is 79.0 Å². The van der Waals surface area contributed by atoms with E-state index in [0.717, 1.165) is 44.3 Å². The zero-order valence-electron chi connectivity index (χ0n) is 17.9. The summed E-state index contributed by atoms with van der Waals surface area (Å²) in [5.41, 5.74) is 3.80. The molecule has 7 nitrogen and oxygen atoms in total. The molecule has 0 saturated heterocycles. The summed E-state index contributed by atoms with van der Waals surface area (Å²) in [5.74, 6) is 1.38. The van der Waals surface area contributed by atoms with Crippen LogP contribution in [0.5, 0.6) is 0 Å². The van der Waals surface area contributed by atoms with Gasteiger partial charge in [0.1, 0.15) is 18.4 Å². The van der Waals surface area contributed by atoms with Crippen molar-refractivity contribution in [3.8, 4) is 10.4 Å². The van der Waals surface area contributed by atoms with E-state index in [-0.39, 0.29) is 18.7 Å². The topological polar surface area (TPSA) is 85.4 Å². The summed E-state index contributed by atoms with van der Waals surface area (Å²) >= 11 is 1.60. The van der Waals surface area contributed by atoms with E-state index in [9.17, 15) is 4.79 Å². The molecule has 1 aliphatic heterocycles. The van der Waals surface area contributed by atoms with Gasteiger partial charge in [-0.25, -0.2) is 9.97 Å². The number of fused-ring (bicyclic) bond motifs is 1. The second kappa shape index (κ2) is 9.30. The highest BCUT2D eigenvalue weighted by molar-refractivity contribution is 7.22. The Bertz CT molecular complexity index is 1320. The van der Waals surface area contributed by atoms with Gasteiger partial charge in [0, 0.05) is 17.5 Å². The normalized spacial score (nSPS) is 13.7. The SMILES string of the molecule is CC(=O)Nc1cccc(-c2cc3ncnc(NC(Cc4ccccc4)C4=COCO4)c3s2)c1. The molecule has 0 fully saturated rings. The lowest BCUT2D eigenvalue weighted by Gasteiger charge is -2.19. The van der Waals surface area contributed by atoms with E-state index in [0.29, 0.717) is 0 Å². The second-order valence-electron chi connectivity index (χ2n) is 7.65. The lowest BCUT2D eigenvalue weighted by atomic mass is 10.0. The predicted molar refractivity (Wildman–Crippen MR) is 130 cm³/mol. The number of hydrogen-bond acceptors (Lipinski definition) is 7. The third-order valence-electron chi connectivity index (χ3n) is 5.21. The summed E-state index contributed by atoms with van der Waals surface area (Å²) in [6.45, 7) is 1.72. The highest BCUT2D eigenvalue weighted by Gasteiger charge is 2.22. The Hall–Kier alpha value is -3.91. The van der Waals surface area contributed by atoms with E-state index in [4.69, 9.17) is 9.47 Å². The number of rotatable bonds is 7. The van der Waals surface area contributed by atoms with Crippen molar-refractivity contribution in [2.45, 2.75) is 19.4 Å². The van der Waals surface area contributed by atoms with E-state index in [2.05, 4.69) is 32.7 Å². The summed E-state index contributed by atoms with van der Waals surface area (Å²) in [7, 11) is 0. The standard InChI is InChI=1S/C25H22N4O3S/c1-16(30)28-19-9-5-8-18(11-19)23-12-21-24(33-23)25(27-14-26-21)29-20(22-13-31-15-32-22)10-17-6-3-2-4-7-17/h2-9,11-14,20H,10,15H2,1H3,(H,28,30)(H,26,27,29). The molecule has 0 radical (unpaired) electrons. The van der Waals surface area contributed by atoms with Crippen LogP contribution in [0.3, 0.4) is 0 Å². The van der Waals surface area contributed by atoms with Crippen molar-refractivity contribution >= 4 is 39.0 Å². The Morgan fingerprint density at radius 2 is 2.00 bits per heavy atom. The molecule has 3 heterocycles. The minimum Gasteiger partial charge on any atom is -0.462 e. The molecular weight excluding hydrogens is 436 g/mol. The highest BCUT2D eigenvalue weighted by Crippen LogP contribution is 2.37. The molecule has 2 N–H and O–H groups in total. The van der Waals surface area contributed by atoms with Gasteiger partial charge in [-0.1, -0.05) is 42.5 Å². The van der Waals surface area contributed by atoms with Gasteiger partial charge in [0.25, 0.3) is 0 Å². The number of hydrogen-bond donors (Lipinski definition) is 2. The van der Waals surface area contributed by atoms with Gasteiger partial charge in [0.05, 0.1) is 16.3 Å².